The zero-order valence-electron chi connectivity index (χ0n) is 29.7. The number of aromatic hydroxyl groups is 4. The topological polar surface area (TPSA) is 80.9 Å². The Kier molecular flexibility index (Phi) is 9.60. The molecule has 0 aliphatic carbocycles. The highest BCUT2D eigenvalue weighted by molar-refractivity contribution is 5.58. The van der Waals surface area contributed by atoms with Crippen LogP contribution in [0, 0.1) is 55.4 Å². The number of hydrogen-bond donors (Lipinski definition) is 4. The van der Waals surface area contributed by atoms with Gasteiger partial charge in [0.1, 0.15) is 23.0 Å². The lowest BCUT2D eigenvalue weighted by atomic mass is 9.69. The van der Waals surface area contributed by atoms with Crippen molar-refractivity contribution in [3.05, 3.63) is 152 Å². The molecule has 0 aliphatic rings. The predicted molar refractivity (Wildman–Crippen MR) is 195 cm³/mol. The van der Waals surface area contributed by atoms with Crippen LogP contribution in [-0.4, -0.2) is 20.4 Å². The van der Waals surface area contributed by atoms with Gasteiger partial charge in [0.15, 0.2) is 0 Å². The molecule has 0 unspecified atom stereocenters. The molecule has 0 saturated heterocycles. The van der Waals surface area contributed by atoms with Crippen LogP contribution >= 0.6 is 0 Å². The zero-order valence-corrected chi connectivity index (χ0v) is 29.7. The number of phenolic OH excluding ortho intramolecular Hbond substituents is 4. The Bertz CT molecular complexity index is 1730. The SMILES string of the molecule is C=C(C=CC(=C)C(C)(c1cc(C)c(O)c(C)c1)c1cc(C)c(O)c(C)c1)CC(C)(c1cc(C)c(O)c(C)c1)c1cc(C)c(O)c(C)c1. The molecule has 4 aromatic carbocycles. The van der Waals surface area contributed by atoms with Gasteiger partial charge in [-0.15, -0.1) is 0 Å². The van der Waals surface area contributed by atoms with Gasteiger partial charge < -0.3 is 20.4 Å². The molecule has 4 rings (SSSR count). The fraction of sp³-hybridized carbons (Fsp3) is 0.302. The number of benzene rings is 4. The van der Waals surface area contributed by atoms with Gasteiger partial charge in [-0.25, -0.2) is 0 Å². The quantitative estimate of drug-likeness (QED) is 0.139. The maximum Gasteiger partial charge on any atom is 0.121 e. The van der Waals surface area contributed by atoms with Crippen LogP contribution in [0.25, 0.3) is 0 Å². The van der Waals surface area contributed by atoms with Crippen LogP contribution < -0.4 is 0 Å². The van der Waals surface area contributed by atoms with Gasteiger partial charge in [0.05, 0.1) is 0 Å². The number of phenols is 4. The van der Waals surface area contributed by atoms with E-state index in [0.717, 1.165) is 77.9 Å². The Hall–Kier alpha value is -4.70. The second-order valence-corrected chi connectivity index (χ2v) is 14.0. The molecule has 4 heteroatoms. The predicted octanol–water partition coefficient (Wildman–Crippen LogP) is 10.3. The van der Waals surface area contributed by atoms with Crippen LogP contribution in [0.5, 0.6) is 23.0 Å². The van der Waals surface area contributed by atoms with Crippen molar-refractivity contribution in [2.24, 2.45) is 0 Å². The van der Waals surface area contributed by atoms with Crippen molar-refractivity contribution in [3.63, 3.8) is 0 Å². The van der Waals surface area contributed by atoms with Crippen molar-refractivity contribution in [2.45, 2.75) is 86.5 Å². The minimum Gasteiger partial charge on any atom is -0.507 e. The first-order valence-electron chi connectivity index (χ1n) is 16.1. The first-order chi connectivity index (χ1) is 21.8. The van der Waals surface area contributed by atoms with Crippen molar-refractivity contribution in [1.29, 1.82) is 0 Å². The van der Waals surface area contributed by atoms with Gasteiger partial charge >= 0.3 is 0 Å². The third-order valence-electron chi connectivity index (χ3n) is 10.1. The van der Waals surface area contributed by atoms with Gasteiger partial charge in [0.2, 0.25) is 0 Å². The van der Waals surface area contributed by atoms with E-state index in [4.69, 9.17) is 0 Å². The summed E-state index contributed by atoms with van der Waals surface area (Å²) in [7, 11) is 0. The summed E-state index contributed by atoms with van der Waals surface area (Å²) in [5, 5.41) is 42.3. The van der Waals surface area contributed by atoms with E-state index in [1.165, 1.54) is 0 Å². The Morgan fingerprint density at radius 3 is 1.02 bits per heavy atom. The molecule has 0 atom stereocenters. The number of allylic oxidation sites excluding steroid dienone is 4. The van der Waals surface area contributed by atoms with E-state index in [-0.39, 0.29) is 11.5 Å². The molecule has 0 saturated carbocycles. The van der Waals surface area contributed by atoms with Crippen LogP contribution in [0.15, 0.2) is 85.0 Å². The second kappa shape index (κ2) is 12.8. The van der Waals surface area contributed by atoms with Crippen LogP contribution in [0.4, 0.5) is 0 Å². The summed E-state index contributed by atoms with van der Waals surface area (Å²) >= 11 is 0. The maximum absolute atomic E-state index is 10.6. The van der Waals surface area contributed by atoms with Crippen LogP contribution in [-0.2, 0) is 10.8 Å². The van der Waals surface area contributed by atoms with Crippen molar-refractivity contribution in [3.8, 4) is 23.0 Å². The van der Waals surface area contributed by atoms with E-state index in [1.54, 1.807) is 0 Å². The van der Waals surface area contributed by atoms with Crippen LogP contribution in [0.3, 0.4) is 0 Å². The number of hydrogen-bond acceptors (Lipinski definition) is 4. The standard InChI is InChI=1S/C43H50O4/c1-24(23-42(11,34-15-25(2)38(44)26(3)16-34)35-17-27(4)39(45)28(5)18-35)13-14-33(10)43(12,36-19-29(6)40(46)30(7)20-36)37-21-31(8)41(47)32(9)22-37/h13-22,44-47H,1,10,23H2,2-9,11-12H3. The lowest BCUT2D eigenvalue weighted by molar-refractivity contribution is 0.463. The van der Waals surface area contributed by atoms with Gasteiger partial charge in [-0.3, -0.25) is 0 Å². The van der Waals surface area contributed by atoms with Gasteiger partial charge in [-0.2, -0.15) is 0 Å². The van der Waals surface area contributed by atoms with E-state index in [1.807, 2.05) is 116 Å². The summed E-state index contributed by atoms with van der Waals surface area (Å²) in [6, 6.07) is 16.2. The fourth-order valence-electron chi connectivity index (χ4n) is 6.84. The van der Waals surface area contributed by atoms with E-state index in [9.17, 15) is 20.4 Å². The summed E-state index contributed by atoms with van der Waals surface area (Å²) in [4.78, 5) is 0. The van der Waals surface area contributed by atoms with Gasteiger partial charge in [-0.05, 0) is 141 Å². The van der Waals surface area contributed by atoms with Gasteiger partial charge in [0, 0.05) is 10.8 Å². The average molecular weight is 631 g/mol. The molecule has 0 aromatic heterocycles. The van der Waals surface area contributed by atoms with Crippen molar-refractivity contribution in [2.75, 3.05) is 0 Å². The third kappa shape index (κ3) is 6.47. The Balaban J connectivity index is 1.82. The van der Waals surface area contributed by atoms with E-state index in [2.05, 4.69) is 27.0 Å². The normalized spacial score (nSPS) is 12.1. The Morgan fingerprint density at radius 2 is 0.745 bits per heavy atom. The lowest BCUT2D eigenvalue weighted by Crippen LogP contribution is -2.26. The first-order valence-corrected chi connectivity index (χ1v) is 16.1. The summed E-state index contributed by atoms with van der Waals surface area (Å²) in [5.74, 6) is 1.15. The molecule has 0 heterocycles. The zero-order chi connectivity index (χ0) is 35.2. The van der Waals surface area contributed by atoms with Crippen molar-refractivity contribution in [1.82, 2.24) is 0 Å². The van der Waals surface area contributed by atoms with Crippen LogP contribution in [0.1, 0.15) is 87.0 Å². The molecule has 0 bridgehead atoms. The molecule has 0 fully saturated rings. The molecule has 0 spiro atoms. The molecule has 246 valence electrons. The molecule has 0 aliphatic heterocycles. The molecule has 4 nitrogen and oxygen atoms in total. The smallest absolute Gasteiger partial charge is 0.121 e. The van der Waals surface area contributed by atoms with Gasteiger partial charge in [0.25, 0.3) is 0 Å². The van der Waals surface area contributed by atoms with Crippen molar-refractivity contribution < 1.29 is 20.4 Å². The fourth-order valence-corrected chi connectivity index (χ4v) is 6.84. The largest absolute Gasteiger partial charge is 0.507 e. The summed E-state index contributed by atoms with van der Waals surface area (Å²) in [6.45, 7) is 28.7. The Morgan fingerprint density at radius 1 is 0.489 bits per heavy atom. The monoisotopic (exact) mass is 630 g/mol. The average Bonchev–Trinajstić information content (AvgIpc) is 3.01. The van der Waals surface area contributed by atoms with Crippen molar-refractivity contribution >= 4 is 0 Å². The highest BCUT2D eigenvalue weighted by Gasteiger charge is 2.34. The minimum atomic E-state index is -0.678. The molecule has 4 N–H and O–H groups in total. The Labute approximate surface area is 281 Å². The first kappa shape index (κ1) is 35.2. The van der Waals surface area contributed by atoms with E-state index < -0.39 is 10.8 Å². The second-order valence-electron chi connectivity index (χ2n) is 14.0. The molecule has 0 radical (unpaired) electrons. The molecule has 47 heavy (non-hydrogen) atoms. The number of aryl methyl sites for hydroxylation is 8. The summed E-state index contributed by atoms with van der Waals surface area (Å²) in [6.07, 6.45) is 4.63. The molecular formula is C43H50O4. The highest BCUT2D eigenvalue weighted by Crippen LogP contribution is 2.45. The van der Waals surface area contributed by atoms with Gasteiger partial charge in [-0.1, -0.05) is 86.3 Å². The van der Waals surface area contributed by atoms with E-state index >= 15 is 0 Å². The summed E-state index contributed by atoms with van der Waals surface area (Å²) in [5.41, 5.74) is 11.0. The van der Waals surface area contributed by atoms with Crippen LogP contribution in [0.2, 0.25) is 0 Å². The van der Waals surface area contributed by atoms with E-state index in [0.29, 0.717) is 17.9 Å². The molecule has 0 amide bonds. The minimum absolute atomic E-state index is 0.280. The summed E-state index contributed by atoms with van der Waals surface area (Å²) < 4.78 is 0. The maximum atomic E-state index is 10.6. The highest BCUT2D eigenvalue weighted by atomic mass is 16.3. The third-order valence-corrected chi connectivity index (χ3v) is 10.1. The molecule has 4 aromatic rings. The number of rotatable bonds is 9. The lowest BCUT2D eigenvalue weighted by Gasteiger charge is -2.34. The molecular weight excluding hydrogens is 580 g/mol.